The Hall–Kier alpha value is -1.00. The molecule has 0 aliphatic carbocycles. The van der Waals surface area contributed by atoms with Gasteiger partial charge in [0.15, 0.2) is 0 Å². The van der Waals surface area contributed by atoms with E-state index < -0.39 is 0 Å². The molecule has 0 aliphatic heterocycles. The molecule has 1 aromatic heterocycles. The van der Waals surface area contributed by atoms with Gasteiger partial charge in [-0.05, 0) is 44.6 Å². The molecule has 0 spiro atoms. The van der Waals surface area contributed by atoms with E-state index in [1.165, 1.54) is 18.7 Å². The third-order valence-corrected chi connectivity index (χ3v) is 3.68. The Kier molecular flexibility index (Phi) is 7.70. The lowest BCUT2D eigenvalue weighted by atomic mass is 10.1. The number of rotatable bonds is 9. The zero-order chi connectivity index (χ0) is 15.0. The Balaban J connectivity index is 2.52. The number of halogens is 1. The zero-order valence-corrected chi connectivity index (χ0v) is 13.2. The highest BCUT2D eigenvalue weighted by molar-refractivity contribution is 5.09. The van der Waals surface area contributed by atoms with Gasteiger partial charge in [-0.1, -0.05) is 27.2 Å². The highest BCUT2D eigenvalue weighted by Crippen LogP contribution is 2.15. The molecule has 1 rings (SSSR count). The Labute approximate surface area is 122 Å². The van der Waals surface area contributed by atoms with Crippen molar-refractivity contribution in [1.29, 1.82) is 0 Å². The largest absolute Gasteiger partial charge is 0.309 e. The van der Waals surface area contributed by atoms with Crippen molar-refractivity contribution in [2.24, 2.45) is 5.92 Å². The Morgan fingerprint density at radius 2 is 2.10 bits per heavy atom. The summed E-state index contributed by atoms with van der Waals surface area (Å²) < 4.78 is 12.9. The van der Waals surface area contributed by atoms with Crippen LogP contribution in [0.4, 0.5) is 4.39 Å². The lowest BCUT2D eigenvalue weighted by Crippen LogP contribution is -2.30. The second kappa shape index (κ2) is 9.03. The number of nitrogens with zero attached hydrogens (tertiary/aromatic N) is 2. The molecule has 114 valence electrons. The first-order valence-corrected chi connectivity index (χ1v) is 7.60. The molecule has 4 heteroatoms. The SMILES string of the molecule is CCNC(CCN(C)CC(C)CC)c1ccc(F)cn1. The van der Waals surface area contributed by atoms with E-state index in [1.807, 2.05) is 0 Å². The van der Waals surface area contributed by atoms with E-state index in [-0.39, 0.29) is 11.9 Å². The van der Waals surface area contributed by atoms with Crippen LogP contribution in [0.2, 0.25) is 0 Å². The summed E-state index contributed by atoms with van der Waals surface area (Å²) in [6.07, 6.45) is 3.49. The van der Waals surface area contributed by atoms with Crippen molar-refractivity contribution < 1.29 is 4.39 Å². The van der Waals surface area contributed by atoms with Gasteiger partial charge in [0.05, 0.1) is 17.9 Å². The lowest BCUT2D eigenvalue weighted by molar-refractivity contribution is 0.265. The molecule has 1 N–H and O–H groups in total. The first kappa shape index (κ1) is 17.1. The van der Waals surface area contributed by atoms with E-state index in [2.05, 4.69) is 43.0 Å². The third-order valence-electron chi connectivity index (χ3n) is 3.68. The van der Waals surface area contributed by atoms with E-state index >= 15 is 0 Å². The smallest absolute Gasteiger partial charge is 0.141 e. The Bertz CT molecular complexity index is 366. The highest BCUT2D eigenvalue weighted by atomic mass is 19.1. The summed E-state index contributed by atoms with van der Waals surface area (Å²) in [4.78, 5) is 6.56. The van der Waals surface area contributed by atoms with Crippen LogP contribution < -0.4 is 5.32 Å². The molecule has 1 aromatic rings. The van der Waals surface area contributed by atoms with E-state index in [1.54, 1.807) is 6.07 Å². The second-order valence-electron chi connectivity index (χ2n) is 5.58. The van der Waals surface area contributed by atoms with E-state index in [0.717, 1.165) is 37.7 Å². The van der Waals surface area contributed by atoms with Crippen molar-refractivity contribution in [2.45, 2.75) is 39.7 Å². The molecule has 3 nitrogen and oxygen atoms in total. The molecule has 20 heavy (non-hydrogen) atoms. The standard InChI is InChI=1S/C16H28FN3/c1-5-13(3)12-20(4)10-9-16(18-6-2)15-8-7-14(17)11-19-15/h7-8,11,13,16,18H,5-6,9-10,12H2,1-4H3. The number of nitrogens with one attached hydrogen (secondary N) is 1. The van der Waals surface area contributed by atoms with Crippen molar-refractivity contribution >= 4 is 0 Å². The van der Waals surface area contributed by atoms with E-state index in [9.17, 15) is 4.39 Å². The summed E-state index contributed by atoms with van der Waals surface area (Å²) in [7, 11) is 2.16. The molecule has 0 amide bonds. The van der Waals surface area contributed by atoms with Crippen LogP contribution in [0, 0.1) is 11.7 Å². The van der Waals surface area contributed by atoms with Crippen LogP contribution in [0.5, 0.6) is 0 Å². The lowest BCUT2D eigenvalue weighted by Gasteiger charge is -2.24. The van der Waals surface area contributed by atoms with Gasteiger partial charge in [-0.2, -0.15) is 0 Å². The number of hydrogen-bond acceptors (Lipinski definition) is 3. The van der Waals surface area contributed by atoms with Gasteiger partial charge >= 0.3 is 0 Å². The fraction of sp³-hybridized carbons (Fsp3) is 0.688. The minimum Gasteiger partial charge on any atom is -0.309 e. The van der Waals surface area contributed by atoms with Gasteiger partial charge in [-0.25, -0.2) is 4.39 Å². The van der Waals surface area contributed by atoms with Crippen LogP contribution in [0.15, 0.2) is 18.3 Å². The van der Waals surface area contributed by atoms with E-state index in [0.29, 0.717) is 0 Å². The van der Waals surface area contributed by atoms with Crippen LogP contribution in [0.1, 0.15) is 45.3 Å². The highest BCUT2D eigenvalue weighted by Gasteiger charge is 2.13. The normalized spacial score (nSPS) is 14.5. The molecule has 0 bridgehead atoms. The molecule has 2 unspecified atom stereocenters. The quantitative estimate of drug-likeness (QED) is 0.753. The summed E-state index contributed by atoms with van der Waals surface area (Å²) >= 11 is 0. The molecule has 0 aromatic carbocycles. The van der Waals surface area contributed by atoms with Gasteiger partial charge in [-0.15, -0.1) is 0 Å². The minimum atomic E-state index is -0.280. The number of pyridine rings is 1. The maximum Gasteiger partial charge on any atom is 0.141 e. The molecule has 2 atom stereocenters. The van der Waals surface area contributed by atoms with Gasteiger partial charge < -0.3 is 10.2 Å². The molecule has 0 saturated carbocycles. The van der Waals surface area contributed by atoms with E-state index in [4.69, 9.17) is 0 Å². The summed E-state index contributed by atoms with van der Waals surface area (Å²) in [5.41, 5.74) is 0.921. The Morgan fingerprint density at radius 1 is 1.35 bits per heavy atom. The molecular formula is C16H28FN3. The fourth-order valence-electron chi connectivity index (χ4n) is 2.30. The van der Waals surface area contributed by atoms with Gasteiger partial charge in [0.2, 0.25) is 0 Å². The third kappa shape index (κ3) is 5.97. The molecule has 0 fully saturated rings. The predicted molar refractivity (Wildman–Crippen MR) is 82.2 cm³/mol. The molecule has 0 aliphatic rings. The molecule has 0 radical (unpaired) electrons. The summed E-state index contributed by atoms with van der Waals surface area (Å²) in [6.45, 7) is 9.60. The second-order valence-corrected chi connectivity index (χ2v) is 5.58. The van der Waals surface area contributed by atoms with Gasteiger partial charge in [0.25, 0.3) is 0 Å². The maximum absolute atomic E-state index is 12.9. The summed E-state index contributed by atoms with van der Waals surface area (Å²) in [6, 6.07) is 3.45. The van der Waals surface area contributed by atoms with Crippen LogP contribution in [0.25, 0.3) is 0 Å². The minimum absolute atomic E-state index is 0.194. The predicted octanol–water partition coefficient (Wildman–Crippen LogP) is 3.24. The van der Waals surface area contributed by atoms with Crippen LogP contribution in [-0.4, -0.2) is 36.6 Å². The fourth-order valence-corrected chi connectivity index (χ4v) is 2.30. The van der Waals surface area contributed by atoms with Gasteiger partial charge in [0.1, 0.15) is 5.82 Å². The van der Waals surface area contributed by atoms with Crippen molar-refractivity contribution in [3.63, 3.8) is 0 Å². The van der Waals surface area contributed by atoms with Crippen LogP contribution >= 0.6 is 0 Å². The van der Waals surface area contributed by atoms with Gasteiger partial charge in [0, 0.05) is 6.54 Å². The van der Waals surface area contributed by atoms with Crippen molar-refractivity contribution in [3.8, 4) is 0 Å². The summed E-state index contributed by atoms with van der Waals surface area (Å²) in [5.74, 6) is 0.444. The average Bonchev–Trinajstić information content (AvgIpc) is 2.44. The van der Waals surface area contributed by atoms with Crippen molar-refractivity contribution in [1.82, 2.24) is 15.2 Å². The first-order chi connectivity index (χ1) is 9.56. The number of hydrogen-bond donors (Lipinski definition) is 1. The van der Waals surface area contributed by atoms with Crippen LogP contribution in [0.3, 0.4) is 0 Å². The van der Waals surface area contributed by atoms with Crippen LogP contribution in [-0.2, 0) is 0 Å². The average molecular weight is 281 g/mol. The zero-order valence-electron chi connectivity index (χ0n) is 13.2. The van der Waals surface area contributed by atoms with Crippen molar-refractivity contribution in [3.05, 3.63) is 29.8 Å². The van der Waals surface area contributed by atoms with Gasteiger partial charge in [-0.3, -0.25) is 4.98 Å². The number of aromatic nitrogens is 1. The van der Waals surface area contributed by atoms with Crippen molar-refractivity contribution in [2.75, 3.05) is 26.7 Å². The topological polar surface area (TPSA) is 28.2 Å². The Morgan fingerprint density at radius 3 is 2.65 bits per heavy atom. The molecule has 1 heterocycles. The summed E-state index contributed by atoms with van der Waals surface area (Å²) in [5, 5.41) is 3.43. The first-order valence-electron chi connectivity index (χ1n) is 7.60. The molecular weight excluding hydrogens is 253 g/mol. The monoisotopic (exact) mass is 281 g/mol. The molecule has 0 saturated heterocycles. The maximum atomic E-state index is 12.9.